The summed E-state index contributed by atoms with van der Waals surface area (Å²) in [5, 5.41) is 5.14. The van der Waals surface area contributed by atoms with E-state index < -0.39 is 0 Å². The Morgan fingerprint density at radius 2 is 1.04 bits per heavy atom. The number of aromatic nitrogens is 2. The molecule has 2 nitrogen and oxygen atoms in total. The van der Waals surface area contributed by atoms with E-state index in [9.17, 15) is 0 Å². The predicted octanol–water partition coefficient (Wildman–Crippen LogP) is 14.6. The molecule has 0 bridgehead atoms. The molecule has 0 aliphatic heterocycles. The number of rotatable bonds is 5. The largest absolute Gasteiger partial charge is 0.228 e. The van der Waals surface area contributed by atoms with Gasteiger partial charge in [-0.25, -0.2) is 9.97 Å². The third-order valence-corrected chi connectivity index (χ3v) is 12.8. The Morgan fingerprint density at radius 1 is 0.393 bits per heavy atom. The summed E-state index contributed by atoms with van der Waals surface area (Å²) in [6.07, 6.45) is 0. The van der Waals surface area contributed by atoms with E-state index in [0.717, 1.165) is 39.2 Å². The van der Waals surface area contributed by atoms with E-state index in [0.29, 0.717) is 5.82 Å². The fourth-order valence-electron chi connectivity index (χ4n) is 8.85. The molecule has 0 fully saturated rings. The summed E-state index contributed by atoms with van der Waals surface area (Å²) in [5.41, 5.74) is 14.9. The molecule has 1 aliphatic rings. The van der Waals surface area contributed by atoms with Crippen LogP contribution in [-0.4, -0.2) is 9.97 Å². The first-order valence-electron chi connectivity index (χ1n) is 19.2. The van der Waals surface area contributed by atoms with Gasteiger partial charge in [0, 0.05) is 42.3 Å². The zero-order valence-electron chi connectivity index (χ0n) is 31.1. The summed E-state index contributed by atoms with van der Waals surface area (Å²) >= 11 is 1.85. The van der Waals surface area contributed by atoms with E-state index in [2.05, 4.69) is 190 Å². The molecule has 3 heteroatoms. The summed E-state index contributed by atoms with van der Waals surface area (Å²) in [7, 11) is 0. The molecular formula is C53H36N2S. The van der Waals surface area contributed by atoms with Gasteiger partial charge in [0.05, 0.1) is 11.4 Å². The topological polar surface area (TPSA) is 25.8 Å². The first-order valence-corrected chi connectivity index (χ1v) is 20.0. The molecule has 264 valence electrons. The number of thiophene rings is 1. The Kier molecular flexibility index (Phi) is 7.42. The van der Waals surface area contributed by atoms with Gasteiger partial charge in [-0.05, 0) is 97.7 Å². The van der Waals surface area contributed by atoms with Crippen molar-refractivity contribution in [2.24, 2.45) is 0 Å². The van der Waals surface area contributed by atoms with Crippen LogP contribution in [0.25, 0.3) is 98.2 Å². The second-order valence-electron chi connectivity index (χ2n) is 15.4. The van der Waals surface area contributed by atoms with E-state index in [1.165, 1.54) is 64.3 Å². The fourth-order valence-corrected chi connectivity index (χ4v) is 9.94. The first kappa shape index (κ1) is 32.7. The number of nitrogens with zero attached hydrogens (tertiary/aromatic N) is 2. The van der Waals surface area contributed by atoms with Gasteiger partial charge in [0.25, 0.3) is 0 Å². The third kappa shape index (κ3) is 5.23. The SMILES string of the molecule is CC1(C)c2cc3ccccc3cc2-c2c(-c3ccccc3-c3cc(-c4cccc(-c5ccc6sc7ccccc7c6c5)c4)nc(-c4ccccc4)n3)cccc21. The lowest BCUT2D eigenvalue weighted by Gasteiger charge is -2.22. The second kappa shape index (κ2) is 12.7. The maximum absolute atomic E-state index is 5.32. The van der Waals surface area contributed by atoms with Crippen molar-refractivity contribution in [3.63, 3.8) is 0 Å². The quantitative estimate of drug-likeness (QED) is 0.176. The van der Waals surface area contributed by atoms with Gasteiger partial charge < -0.3 is 0 Å². The molecule has 0 N–H and O–H groups in total. The van der Waals surface area contributed by atoms with E-state index in [1.807, 2.05) is 17.4 Å². The van der Waals surface area contributed by atoms with Crippen molar-refractivity contribution >= 4 is 42.3 Å². The van der Waals surface area contributed by atoms with Crippen molar-refractivity contribution in [1.29, 1.82) is 0 Å². The molecule has 0 saturated heterocycles. The van der Waals surface area contributed by atoms with Crippen molar-refractivity contribution in [1.82, 2.24) is 9.97 Å². The van der Waals surface area contributed by atoms with Gasteiger partial charge in [-0.15, -0.1) is 11.3 Å². The molecule has 2 heterocycles. The number of benzene rings is 8. The predicted molar refractivity (Wildman–Crippen MR) is 237 cm³/mol. The van der Waals surface area contributed by atoms with Crippen LogP contribution in [0.15, 0.2) is 182 Å². The van der Waals surface area contributed by atoms with Crippen molar-refractivity contribution in [3.05, 3.63) is 193 Å². The van der Waals surface area contributed by atoms with Crippen LogP contribution in [0, 0.1) is 0 Å². The Hall–Kier alpha value is -6.68. The van der Waals surface area contributed by atoms with Gasteiger partial charge in [-0.2, -0.15) is 0 Å². The molecule has 0 saturated carbocycles. The smallest absolute Gasteiger partial charge is 0.160 e. The molecule has 8 aromatic carbocycles. The summed E-state index contributed by atoms with van der Waals surface area (Å²) in [6.45, 7) is 4.72. The molecular weight excluding hydrogens is 697 g/mol. The Labute approximate surface area is 330 Å². The molecule has 0 unspecified atom stereocenters. The average molecular weight is 733 g/mol. The third-order valence-electron chi connectivity index (χ3n) is 11.7. The Morgan fingerprint density at radius 3 is 1.91 bits per heavy atom. The minimum atomic E-state index is -0.131. The van der Waals surface area contributed by atoms with Crippen LogP contribution >= 0.6 is 11.3 Å². The highest BCUT2D eigenvalue weighted by atomic mass is 32.1. The summed E-state index contributed by atoms with van der Waals surface area (Å²) < 4.78 is 2.62. The summed E-state index contributed by atoms with van der Waals surface area (Å²) in [6, 6.07) is 65.9. The van der Waals surface area contributed by atoms with Gasteiger partial charge >= 0.3 is 0 Å². The zero-order valence-corrected chi connectivity index (χ0v) is 31.9. The van der Waals surface area contributed by atoms with Crippen molar-refractivity contribution in [3.8, 4) is 67.3 Å². The molecule has 1 aliphatic carbocycles. The van der Waals surface area contributed by atoms with Crippen LogP contribution in [0.2, 0.25) is 0 Å². The standard InChI is InChI=1S/C53H36N2S/c1-53(2)45-24-13-23-42(51(45)44-30-35-16-6-7-17-36(35)31-46(44)53)39-20-8-9-21-40(39)48-32-47(54-52(55-48)33-14-4-3-5-15-33)38-19-12-18-34(28-38)37-26-27-50-43(29-37)41-22-10-11-25-49(41)56-50/h3-32H,1-2H3. The lowest BCUT2D eigenvalue weighted by atomic mass is 9.81. The van der Waals surface area contributed by atoms with Crippen LogP contribution in [0.3, 0.4) is 0 Å². The summed E-state index contributed by atoms with van der Waals surface area (Å²) in [4.78, 5) is 10.6. The highest BCUT2D eigenvalue weighted by Crippen LogP contribution is 2.54. The van der Waals surface area contributed by atoms with Crippen molar-refractivity contribution < 1.29 is 0 Å². The van der Waals surface area contributed by atoms with E-state index >= 15 is 0 Å². The molecule has 56 heavy (non-hydrogen) atoms. The maximum Gasteiger partial charge on any atom is 0.160 e. The molecule has 10 aromatic rings. The van der Waals surface area contributed by atoms with Crippen LogP contribution in [-0.2, 0) is 5.41 Å². The van der Waals surface area contributed by atoms with Crippen molar-refractivity contribution in [2.45, 2.75) is 19.3 Å². The number of hydrogen-bond donors (Lipinski definition) is 0. The Balaban J connectivity index is 1.08. The summed E-state index contributed by atoms with van der Waals surface area (Å²) in [5.74, 6) is 0.709. The minimum absolute atomic E-state index is 0.131. The van der Waals surface area contributed by atoms with E-state index in [1.54, 1.807) is 0 Å². The van der Waals surface area contributed by atoms with Gasteiger partial charge in [0.2, 0.25) is 0 Å². The molecule has 2 aromatic heterocycles. The van der Waals surface area contributed by atoms with Gasteiger partial charge in [-0.1, -0.05) is 153 Å². The van der Waals surface area contributed by atoms with E-state index in [4.69, 9.17) is 9.97 Å². The van der Waals surface area contributed by atoms with E-state index in [-0.39, 0.29) is 5.41 Å². The molecule has 0 spiro atoms. The van der Waals surface area contributed by atoms with Gasteiger partial charge in [0.15, 0.2) is 5.82 Å². The Bertz CT molecular complexity index is 3170. The van der Waals surface area contributed by atoms with Gasteiger partial charge in [0.1, 0.15) is 0 Å². The van der Waals surface area contributed by atoms with Crippen LogP contribution in [0.1, 0.15) is 25.0 Å². The van der Waals surface area contributed by atoms with Crippen LogP contribution in [0.4, 0.5) is 0 Å². The molecule has 11 rings (SSSR count). The van der Waals surface area contributed by atoms with Crippen LogP contribution < -0.4 is 0 Å². The monoisotopic (exact) mass is 732 g/mol. The average Bonchev–Trinajstić information content (AvgIpc) is 3.74. The first-order chi connectivity index (χ1) is 27.5. The highest BCUT2D eigenvalue weighted by Gasteiger charge is 2.37. The van der Waals surface area contributed by atoms with Crippen LogP contribution in [0.5, 0.6) is 0 Å². The molecule has 0 amide bonds. The molecule has 0 radical (unpaired) electrons. The lowest BCUT2D eigenvalue weighted by molar-refractivity contribution is 0.661. The highest BCUT2D eigenvalue weighted by molar-refractivity contribution is 7.25. The maximum atomic E-state index is 5.32. The lowest BCUT2D eigenvalue weighted by Crippen LogP contribution is -2.14. The fraction of sp³-hybridized carbons (Fsp3) is 0.0566. The van der Waals surface area contributed by atoms with Crippen molar-refractivity contribution in [2.75, 3.05) is 0 Å². The minimum Gasteiger partial charge on any atom is -0.228 e. The second-order valence-corrected chi connectivity index (χ2v) is 16.4. The number of fused-ring (bicyclic) bond motifs is 7. The number of hydrogen-bond acceptors (Lipinski definition) is 3. The molecule has 0 atom stereocenters. The normalized spacial score (nSPS) is 13.0. The van der Waals surface area contributed by atoms with Gasteiger partial charge in [-0.3, -0.25) is 0 Å². The zero-order chi connectivity index (χ0) is 37.4.